The summed E-state index contributed by atoms with van der Waals surface area (Å²) >= 11 is 6.08. The van der Waals surface area contributed by atoms with Gasteiger partial charge in [-0.25, -0.2) is 4.68 Å². The maximum absolute atomic E-state index is 13.4. The molecule has 36 heavy (non-hydrogen) atoms. The Morgan fingerprint density at radius 3 is 2.61 bits per heavy atom. The Labute approximate surface area is 205 Å². The quantitative estimate of drug-likeness (QED) is 0.367. The van der Waals surface area contributed by atoms with Gasteiger partial charge < -0.3 is 5.32 Å². The number of rotatable bonds is 4. The second-order valence-electron chi connectivity index (χ2n) is 7.74. The van der Waals surface area contributed by atoms with Crippen molar-refractivity contribution >= 4 is 34.4 Å². The molecule has 2 N–H and O–H groups in total. The summed E-state index contributed by atoms with van der Waals surface area (Å²) in [6.45, 7) is 1.61. The molecule has 13 heteroatoms. The predicted molar refractivity (Wildman–Crippen MR) is 126 cm³/mol. The van der Waals surface area contributed by atoms with E-state index in [1.54, 1.807) is 31.2 Å². The Morgan fingerprint density at radius 1 is 1.08 bits per heavy atom. The zero-order valence-corrected chi connectivity index (χ0v) is 19.1. The van der Waals surface area contributed by atoms with Crippen LogP contribution in [0.3, 0.4) is 0 Å². The summed E-state index contributed by atoms with van der Waals surface area (Å²) in [4.78, 5) is 32.6. The maximum atomic E-state index is 13.4. The number of aryl methyl sites for hydroxylation is 1. The summed E-state index contributed by atoms with van der Waals surface area (Å²) < 4.78 is 42.7. The van der Waals surface area contributed by atoms with Crippen LogP contribution < -0.4 is 10.9 Å². The van der Waals surface area contributed by atoms with Crippen molar-refractivity contribution in [3.8, 4) is 11.6 Å². The van der Waals surface area contributed by atoms with E-state index < -0.39 is 28.8 Å². The van der Waals surface area contributed by atoms with E-state index in [0.29, 0.717) is 16.4 Å². The minimum Gasteiger partial charge on any atom is -0.306 e. The molecule has 0 bridgehead atoms. The molecule has 5 aromatic rings. The van der Waals surface area contributed by atoms with Gasteiger partial charge in [-0.05, 0) is 37.3 Å². The number of fused-ring (bicyclic) bond motifs is 1. The predicted octanol–water partition coefficient (Wildman–Crippen LogP) is 4.53. The van der Waals surface area contributed by atoms with Crippen LogP contribution in [0, 0.1) is 6.92 Å². The Kier molecular flexibility index (Phi) is 5.59. The van der Waals surface area contributed by atoms with Crippen molar-refractivity contribution in [1.82, 2.24) is 29.5 Å². The lowest BCUT2D eigenvalue weighted by Crippen LogP contribution is -2.21. The van der Waals surface area contributed by atoms with Gasteiger partial charge in [0.15, 0.2) is 5.65 Å². The topological polar surface area (TPSA) is 110 Å². The molecule has 0 fully saturated rings. The lowest BCUT2D eigenvalue weighted by molar-refractivity contribution is -0.137. The van der Waals surface area contributed by atoms with Crippen molar-refractivity contribution in [2.24, 2.45) is 0 Å². The minimum atomic E-state index is -4.72. The van der Waals surface area contributed by atoms with Gasteiger partial charge in [-0.3, -0.25) is 14.6 Å². The third-order valence-corrected chi connectivity index (χ3v) is 5.46. The van der Waals surface area contributed by atoms with E-state index in [0.717, 1.165) is 16.8 Å². The average molecular weight is 514 g/mol. The SMILES string of the molecule is Cc1cc(NC(=O)c2ccccc2C(F)(F)F)n(-c2nc3c(cnn3-c3cccc(Cl)c3)c(=O)[nH]2)n1. The van der Waals surface area contributed by atoms with Gasteiger partial charge in [-0.1, -0.05) is 29.8 Å². The number of halogens is 4. The fraction of sp³-hybridized carbons (Fsp3) is 0.0870. The molecule has 0 aliphatic heterocycles. The van der Waals surface area contributed by atoms with Gasteiger partial charge in [0.2, 0.25) is 5.95 Å². The first-order valence-electron chi connectivity index (χ1n) is 10.4. The molecule has 0 spiro atoms. The van der Waals surface area contributed by atoms with Crippen molar-refractivity contribution in [2.75, 3.05) is 5.32 Å². The second kappa shape index (κ2) is 8.64. The number of aromatic amines is 1. The largest absolute Gasteiger partial charge is 0.417 e. The Hall–Kier alpha value is -4.45. The molecular weight excluding hydrogens is 499 g/mol. The first-order chi connectivity index (χ1) is 17.1. The van der Waals surface area contributed by atoms with E-state index in [1.807, 2.05) is 0 Å². The Morgan fingerprint density at radius 2 is 1.86 bits per heavy atom. The van der Waals surface area contributed by atoms with E-state index in [2.05, 4.69) is 25.5 Å². The smallest absolute Gasteiger partial charge is 0.306 e. The summed E-state index contributed by atoms with van der Waals surface area (Å²) in [7, 11) is 0. The number of carbonyl (C=O) groups is 1. The normalized spacial score (nSPS) is 11.7. The zero-order valence-electron chi connectivity index (χ0n) is 18.3. The fourth-order valence-corrected chi connectivity index (χ4v) is 3.85. The van der Waals surface area contributed by atoms with Gasteiger partial charge in [0.1, 0.15) is 11.2 Å². The number of amides is 1. The van der Waals surface area contributed by atoms with E-state index in [1.165, 1.54) is 29.1 Å². The summed E-state index contributed by atoms with van der Waals surface area (Å²) in [5.74, 6) is -1.08. The number of nitrogens with one attached hydrogen (secondary N) is 2. The molecule has 0 aliphatic carbocycles. The average Bonchev–Trinajstić information content (AvgIpc) is 3.42. The van der Waals surface area contributed by atoms with Crippen molar-refractivity contribution < 1.29 is 18.0 Å². The van der Waals surface area contributed by atoms with Gasteiger partial charge in [0.25, 0.3) is 11.5 Å². The number of hydrogen-bond donors (Lipinski definition) is 2. The number of benzene rings is 2. The molecule has 182 valence electrons. The van der Waals surface area contributed by atoms with E-state index in [9.17, 15) is 22.8 Å². The third-order valence-electron chi connectivity index (χ3n) is 5.23. The molecule has 3 aromatic heterocycles. The lowest BCUT2D eigenvalue weighted by atomic mass is 10.1. The Balaban J connectivity index is 1.58. The number of aromatic nitrogens is 6. The highest BCUT2D eigenvalue weighted by atomic mass is 35.5. The van der Waals surface area contributed by atoms with Crippen molar-refractivity contribution in [1.29, 1.82) is 0 Å². The molecule has 0 unspecified atom stereocenters. The van der Waals surface area contributed by atoms with Crippen LogP contribution in [0.1, 0.15) is 21.6 Å². The highest BCUT2D eigenvalue weighted by molar-refractivity contribution is 6.30. The standard InChI is InChI=1S/C23H15ClF3N7O2/c1-12-9-18(29-20(35)15-7-2-3-8-17(15)23(25,26)27)34(32-12)22-30-19-16(21(36)31-22)11-28-33(19)14-6-4-5-13(24)10-14/h2-11H,1H3,(H,29,35)(H,30,31,36). The molecular formula is C23H15ClF3N7O2. The molecule has 9 nitrogen and oxygen atoms in total. The fourth-order valence-electron chi connectivity index (χ4n) is 3.67. The maximum Gasteiger partial charge on any atom is 0.417 e. The molecule has 5 rings (SSSR count). The number of alkyl halides is 3. The Bertz CT molecular complexity index is 1690. The van der Waals surface area contributed by atoms with E-state index >= 15 is 0 Å². The molecule has 0 saturated heterocycles. The number of anilines is 1. The van der Waals surface area contributed by atoms with Gasteiger partial charge in [-0.2, -0.15) is 33.0 Å². The van der Waals surface area contributed by atoms with Gasteiger partial charge in [0, 0.05) is 11.1 Å². The summed E-state index contributed by atoms with van der Waals surface area (Å²) in [5, 5.41) is 11.5. The number of H-pyrrole nitrogens is 1. The van der Waals surface area contributed by atoms with Crippen LogP contribution in [0.15, 0.2) is 65.6 Å². The van der Waals surface area contributed by atoms with Gasteiger partial charge in [-0.15, -0.1) is 0 Å². The van der Waals surface area contributed by atoms with Crippen molar-refractivity contribution in [3.63, 3.8) is 0 Å². The van der Waals surface area contributed by atoms with Crippen LogP contribution in [-0.2, 0) is 6.18 Å². The second-order valence-corrected chi connectivity index (χ2v) is 8.18. The molecule has 0 aliphatic rings. The van der Waals surface area contributed by atoms with Crippen LogP contribution in [0.5, 0.6) is 0 Å². The van der Waals surface area contributed by atoms with Crippen LogP contribution in [0.2, 0.25) is 5.02 Å². The lowest BCUT2D eigenvalue weighted by Gasteiger charge is -2.13. The number of nitrogens with zero attached hydrogens (tertiary/aromatic N) is 5. The molecule has 0 atom stereocenters. The van der Waals surface area contributed by atoms with Crippen molar-refractivity contribution in [2.45, 2.75) is 13.1 Å². The first kappa shape index (κ1) is 23.3. The summed E-state index contributed by atoms with van der Waals surface area (Å²) in [5.41, 5.74) is -1.02. The minimum absolute atomic E-state index is 0.00537. The zero-order chi connectivity index (χ0) is 25.6. The summed E-state index contributed by atoms with van der Waals surface area (Å²) in [6.07, 6.45) is -3.38. The van der Waals surface area contributed by atoms with Gasteiger partial charge in [0.05, 0.1) is 28.7 Å². The third kappa shape index (κ3) is 4.22. The van der Waals surface area contributed by atoms with Gasteiger partial charge >= 0.3 is 6.18 Å². The molecule has 2 aromatic carbocycles. The number of hydrogen-bond acceptors (Lipinski definition) is 5. The van der Waals surface area contributed by atoms with Crippen LogP contribution in [-0.4, -0.2) is 35.4 Å². The molecule has 0 radical (unpaired) electrons. The molecule has 3 heterocycles. The van der Waals surface area contributed by atoms with Crippen molar-refractivity contribution in [3.05, 3.63) is 93.0 Å². The number of carbonyl (C=O) groups excluding carboxylic acids is 1. The van der Waals surface area contributed by atoms with Crippen LogP contribution >= 0.6 is 11.6 Å². The van der Waals surface area contributed by atoms with E-state index in [4.69, 9.17) is 11.6 Å². The molecule has 0 saturated carbocycles. The highest BCUT2D eigenvalue weighted by Crippen LogP contribution is 2.32. The molecule has 1 amide bonds. The van der Waals surface area contributed by atoms with Crippen LogP contribution in [0.4, 0.5) is 19.0 Å². The van der Waals surface area contributed by atoms with E-state index in [-0.39, 0.29) is 22.8 Å². The first-order valence-corrected chi connectivity index (χ1v) is 10.8. The monoisotopic (exact) mass is 513 g/mol. The summed E-state index contributed by atoms with van der Waals surface area (Å²) in [6, 6.07) is 12.6. The van der Waals surface area contributed by atoms with Crippen LogP contribution in [0.25, 0.3) is 22.7 Å². The highest BCUT2D eigenvalue weighted by Gasteiger charge is 2.35.